The first kappa shape index (κ1) is 16.3. The van der Waals surface area contributed by atoms with Gasteiger partial charge in [0.05, 0.1) is 17.2 Å². The van der Waals surface area contributed by atoms with Crippen molar-refractivity contribution in [1.82, 2.24) is 9.97 Å². The second-order valence-electron chi connectivity index (χ2n) is 4.88. The highest BCUT2D eigenvalue weighted by Crippen LogP contribution is 2.11. The predicted molar refractivity (Wildman–Crippen MR) is 97.6 cm³/mol. The average Bonchev–Trinajstić information content (AvgIpc) is 2.61. The molecule has 0 bridgehead atoms. The first-order valence-electron chi connectivity index (χ1n) is 7.06. The minimum absolute atomic E-state index is 0.0655. The van der Waals surface area contributed by atoms with E-state index in [1.807, 2.05) is 18.2 Å². The maximum atomic E-state index is 12.0. The number of benzene rings is 2. The topological polar surface area (TPSA) is 81.2 Å². The van der Waals surface area contributed by atoms with E-state index in [4.69, 9.17) is 4.74 Å². The third kappa shape index (κ3) is 4.05. The van der Waals surface area contributed by atoms with Crippen LogP contribution in [0.15, 0.2) is 54.7 Å². The number of esters is 1. The lowest BCUT2D eigenvalue weighted by Crippen LogP contribution is -2.21. The average molecular weight is 433 g/mol. The highest BCUT2D eigenvalue weighted by atomic mass is 127. The maximum Gasteiger partial charge on any atom is 0.359 e. The molecular weight excluding hydrogens is 421 g/mol. The molecule has 0 aliphatic heterocycles. The molecule has 1 amide bonds. The number of carbonyl (C=O) groups excluding carboxylic acids is 2. The van der Waals surface area contributed by atoms with Crippen molar-refractivity contribution in [1.29, 1.82) is 0 Å². The molecule has 3 aromatic rings. The van der Waals surface area contributed by atoms with Crippen LogP contribution in [0.2, 0.25) is 0 Å². The van der Waals surface area contributed by atoms with Crippen LogP contribution in [0.25, 0.3) is 11.0 Å². The maximum absolute atomic E-state index is 12.0. The van der Waals surface area contributed by atoms with Crippen molar-refractivity contribution < 1.29 is 14.3 Å². The number of halogens is 1. The smallest absolute Gasteiger partial charge is 0.359 e. The minimum Gasteiger partial charge on any atom is -0.451 e. The zero-order valence-corrected chi connectivity index (χ0v) is 14.6. The van der Waals surface area contributed by atoms with E-state index >= 15 is 0 Å². The third-order valence-corrected chi connectivity index (χ3v) is 3.84. The fourth-order valence-electron chi connectivity index (χ4n) is 1.99. The molecule has 0 saturated carbocycles. The lowest BCUT2D eigenvalue weighted by Gasteiger charge is -2.06. The molecule has 0 spiro atoms. The first-order chi connectivity index (χ1) is 11.6. The van der Waals surface area contributed by atoms with Crippen molar-refractivity contribution in [2.24, 2.45) is 0 Å². The minimum atomic E-state index is -0.689. The summed E-state index contributed by atoms with van der Waals surface area (Å²) in [6, 6.07) is 14.5. The largest absolute Gasteiger partial charge is 0.451 e. The quantitative estimate of drug-likeness (QED) is 0.506. The van der Waals surface area contributed by atoms with E-state index in [9.17, 15) is 9.59 Å². The zero-order valence-electron chi connectivity index (χ0n) is 12.4. The fraction of sp³-hybridized carbons (Fsp3) is 0.0588. The van der Waals surface area contributed by atoms with Gasteiger partial charge >= 0.3 is 5.97 Å². The molecule has 0 aliphatic carbocycles. The Hall–Kier alpha value is -2.55. The van der Waals surface area contributed by atoms with Crippen LogP contribution < -0.4 is 5.32 Å². The Morgan fingerprint density at radius 3 is 2.50 bits per heavy atom. The number of carbonyl (C=O) groups is 2. The Morgan fingerprint density at radius 2 is 1.75 bits per heavy atom. The van der Waals surface area contributed by atoms with E-state index in [0.29, 0.717) is 16.7 Å². The number of fused-ring (bicyclic) bond motifs is 1. The van der Waals surface area contributed by atoms with Gasteiger partial charge in [0.15, 0.2) is 12.3 Å². The Balaban J connectivity index is 1.59. The summed E-state index contributed by atoms with van der Waals surface area (Å²) in [5, 5.41) is 2.65. The number of nitrogens with one attached hydrogen (secondary N) is 1. The molecule has 6 nitrogen and oxygen atoms in total. The number of hydrogen-bond acceptors (Lipinski definition) is 5. The molecule has 0 saturated heterocycles. The van der Waals surface area contributed by atoms with E-state index < -0.39 is 11.9 Å². The SMILES string of the molecule is O=C(COC(=O)c1cnc2ccccc2n1)Nc1ccc(I)cc1. The molecule has 3 rings (SSSR count). The predicted octanol–water partition coefficient (Wildman–Crippen LogP) is 3.03. The molecule has 7 heteroatoms. The highest BCUT2D eigenvalue weighted by molar-refractivity contribution is 14.1. The summed E-state index contributed by atoms with van der Waals surface area (Å²) in [5.74, 6) is -1.11. The van der Waals surface area contributed by atoms with Gasteiger partial charge in [-0.1, -0.05) is 12.1 Å². The fourth-order valence-corrected chi connectivity index (χ4v) is 2.35. The van der Waals surface area contributed by atoms with E-state index in [1.165, 1.54) is 6.20 Å². The molecule has 0 fully saturated rings. The van der Waals surface area contributed by atoms with Gasteiger partial charge in [0.1, 0.15) is 0 Å². The van der Waals surface area contributed by atoms with Crippen LogP contribution in [0.3, 0.4) is 0 Å². The molecule has 0 unspecified atom stereocenters. The summed E-state index contributed by atoms with van der Waals surface area (Å²) in [6.45, 7) is -0.390. The van der Waals surface area contributed by atoms with Crippen molar-refractivity contribution in [3.05, 3.63) is 64.0 Å². The second kappa shape index (κ2) is 7.35. The van der Waals surface area contributed by atoms with Crippen molar-refractivity contribution in [3.8, 4) is 0 Å². The van der Waals surface area contributed by atoms with Crippen LogP contribution >= 0.6 is 22.6 Å². The monoisotopic (exact) mass is 433 g/mol. The number of nitrogens with zero attached hydrogens (tertiary/aromatic N) is 2. The molecule has 2 aromatic carbocycles. The lowest BCUT2D eigenvalue weighted by atomic mass is 10.3. The third-order valence-electron chi connectivity index (χ3n) is 3.12. The molecule has 0 radical (unpaired) electrons. The highest BCUT2D eigenvalue weighted by Gasteiger charge is 2.13. The number of rotatable bonds is 4. The van der Waals surface area contributed by atoms with E-state index in [2.05, 4.69) is 37.9 Å². The summed E-state index contributed by atoms with van der Waals surface area (Å²) in [6.07, 6.45) is 1.34. The Kier molecular flexibility index (Phi) is 4.99. The van der Waals surface area contributed by atoms with Gasteiger partial charge in [0, 0.05) is 9.26 Å². The Labute approximate surface area is 151 Å². The van der Waals surface area contributed by atoms with Gasteiger partial charge < -0.3 is 10.1 Å². The molecular formula is C17H12IN3O3. The zero-order chi connectivity index (χ0) is 16.9. The van der Waals surface area contributed by atoms with Crippen molar-refractivity contribution in [2.75, 3.05) is 11.9 Å². The van der Waals surface area contributed by atoms with Crippen LogP contribution in [0.1, 0.15) is 10.5 Å². The molecule has 1 aromatic heterocycles. The van der Waals surface area contributed by atoms with Crippen LogP contribution in [0, 0.1) is 3.57 Å². The summed E-state index contributed by atoms with van der Waals surface area (Å²) in [5.41, 5.74) is 1.98. The summed E-state index contributed by atoms with van der Waals surface area (Å²) < 4.78 is 6.04. The van der Waals surface area contributed by atoms with Crippen LogP contribution in [-0.4, -0.2) is 28.5 Å². The van der Waals surface area contributed by atoms with E-state index in [0.717, 1.165) is 3.57 Å². The Morgan fingerprint density at radius 1 is 1.04 bits per heavy atom. The summed E-state index contributed by atoms with van der Waals surface area (Å²) in [4.78, 5) is 32.1. The normalized spacial score (nSPS) is 10.4. The second-order valence-corrected chi connectivity index (χ2v) is 6.12. The van der Waals surface area contributed by atoms with Crippen LogP contribution in [-0.2, 0) is 9.53 Å². The number of para-hydroxylation sites is 2. The summed E-state index contributed by atoms with van der Waals surface area (Å²) in [7, 11) is 0. The molecule has 24 heavy (non-hydrogen) atoms. The standard InChI is InChI=1S/C17H12IN3O3/c18-11-5-7-12(8-6-11)20-16(22)10-24-17(23)15-9-19-13-3-1-2-4-14(13)21-15/h1-9H,10H2,(H,20,22). The van der Waals surface area contributed by atoms with Gasteiger partial charge in [-0.25, -0.2) is 9.78 Å². The van der Waals surface area contributed by atoms with E-state index in [-0.39, 0.29) is 12.3 Å². The van der Waals surface area contributed by atoms with Crippen LogP contribution in [0.4, 0.5) is 5.69 Å². The Bertz CT molecular complexity index is 897. The van der Waals surface area contributed by atoms with Gasteiger partial charge in [0.25, 0.3) is 5.91 Å². The lowest BCUT2D eigenvalue weighted by molar-refractivity contribution is -0.119. The molecule has 0 aliphatic rings. The van der Waals surface area contributed by atoms with Gasteiger partial charge in [-0.2, -0.15) is 0 Å². The van der Waals surface area contributed by atoms with Gasteiger partial charge in [-0.05, 0) is 59.0 Å². The van der Waals surface area contributed by atoms with Crippen molar-refractivity contribution in [3.63, 3.8) is 0 Å². The number of ether oxygens (including phenoxy) is 1. The van der Waals surface area contributed by atoms with Crippen molar-refractivity contribution >= 4 is 51.2 Å². The van der Waals surface area contributed by atoms with Gasteiger partial charge in [-0.3, -0.25) is 9.78 Å². The first-order valence-corrected chi connectivity index (χ1v) is 8.14. The number of hydrogen-bond donors (Lipinski definition) is 1. The number of anilines is 1. The van der Waals surface area contributed by atoms with Gasteiger partial charge in [-0.15, -0.1) is 0 Å². The molecule has 1 N–H and O–H groups in total. The summed E-state index contributed by atoms with van der Waals surface area (Å²) >= 11 is 2.17. The molecule has 120 valence electrons. The number of amides is 1. The molecule has 1 heterocycles. The van der Waals surface area contributed by atoms with E-state index in [1.54, 1.807) is 30.3 Å². The van der Waals surface area contributed by atoms with Crippen LogP contribution in [0.5, 0.6) is 0 Å². The number of aromatic nitrogens is 2. The van der Waals surface area contributed by atoms with Crippen molar-refractivity contribution in [2.45, 2.75) is 0 Å². The van der Waals surface area contributed by atoms with Gasteiger partial charge in [0.2, 0.25) is 0 Å². The molecule has 0 atom stereocenters.